The summed E-state index contributed by atoms with van der Waals surface area (Å²) < 4.78 is 11.7. The van der Waals surface area contributed by atoms with E-state index in [1.54, 1.807) is 25.3 Å². The molecule has 4 heteroatoms. The van der Waals surface area contributed by atoms with Crippen molar-refractivity contribution < 1.29 is 14.3 Å². The molecule has 0 radical (unpaired) electrons. The number of unbranched alkanes of at least 4 members (excludes halogenated alkanes) is 1. The van der Waals surface area contributed by atoms with Crippen LogP contribution < -0.4 is 4.74 Å². The Morgan fingerprint density at radius 2 is 2.27 bits per heavy atom. The molecule has 0 saturated carbocycles. The molecule has 84 valence electrons. The maximum Gasteiger partial charge on any atom is 0.420 e. The normalized spacial score (nSPS) is 10.0. The molecule has 15 heavy (non-hydrogen) atoms. The van der Waals surface area contributed by atoms with Gasteiger partial charge in [-0.2, -0.15) is 0 Å². The van der Waals surface area contributed by atoms with Crippen LogP contribution in [0.15, 0.2) is 18.3 Å². The van der Waals surface area contributed by atoms with Crippen LogP contribution in [0.3, 0.4) is 0 Å². The van der Waals surface area contributed by atoms with Gasteiger partial charge in [-0.3, -0.25) is 0 Å². The van der Waals surface area contributed by atoms with Gasteiger partial charge in [0.05, 0.1) is 13.2 Å². The molecule has 0 spiro atoms. The third-order valence-corrected chi connectivity index (χ3v) is 1.92. The topological polar surface area (TPSA) is 40.5 Å². The summed E-state index contributed by atoms with van der Waals surface area (Å²) in [5.74, 6) is 0.543. The Hall–Kier alpha value is -1.45. The first-order valence-corrected chi connectivity index (χ1v) is 5.26. The Morgan fingerprint density at radius 1 is 1.47 bits per heavy atom. The van der Waals surface area contributed by atoms with E-state index in [9.17, 15) is 4.79 Å². The van der Waals surface area contributed by atoms with E-state index in [0.29, 0.717) is 19.1 Å². The van der Waals surface area contributed by atoms with Gasteiger partial charge < -0.3 is 9.47 Å². The van der Waals surface area contributed by atoms with Crippen LogP contribution in [0.4, 0.5) is 4.79 Å². The summed E-state index contributed by atoms with van der Waals surface area (Å²) in [6, 6.07) is 3.52. The maximum absolute atomic E-state index is 11.4. The summed E-state index contributed by atoms with van der Waals surface area (Å²) in [6.07, 6.45) is 3.29. The standard InChI is InChI=1S/C11H17NO3/c1-3-5-9-15-10-7-6-8-12(10)11(13)14-4-2/h6-8H,3-5,9H2,1-2H3. The Bertz CT molecular complexity index is 307. The molecule has 0 amide bonds. The van der Waals surface area contributed by atoms with Crippen molar-refractivity contribution in [3.63, 3.8) is 0 Å². The third-order valence-electron chi connectivity index (χ3n) is 1.92. The van der Waals surface area contributed by atoms with E-state index in [1.165, 1.54) is 4.57 Å². The summed E-state index contributed by atoms with van der Waals surface area (Å²) in [5.41, 5.74) is 0. The first-order valence-electron chi connectivity index (χ1n) is 5.26. The zero-order valence-electron chi connectivity index (χ0n) is 9.23. The average molecular weight is 211 g/mol. The van der Waals surface area contributed by atoms with Crippen LogP contribution in [0.1, 0.15) is 26.7 Å². The van der Waals surface area contributed by atoms with Crippen molar-refractivity contribution in [2.24, 2.45) is 0 Å². The molecular weight excluding hydrogens is 194 g/mol. The zero-order chi connectivity index (χ0) is 11.1. The van der Waals surface area contributed by atoms with E-state index in [0.717, 1.165) is 12.8 Å². The van der Waals surface area contributed by atoms with Crippen LogP contribution in [0.5, 0.6) is 5.88 Å². The Kier molecular flexibility index (Phi) is 4.74. The molecule has 0 bridgehead atoms. The molecule has 0 N–H and O–H groups in total. The molecule has 0 fully saturated rings. The van der Waals surface area contributed by atoms with E-state index in [2.05, 4.69) is 6.92 Å². The lowest BCUT2D eigenvalue weighted by molar-refractivity contribution is 0.149. The Morgan fingerprint density at radius 3 is 2.93 bits per heavy atom. The van der Waals surface area contributed by atoms with Crippen molar-refractivity contribution in [2.75, 3.05) is 13.2 Å². The van der Waals surface area contributed by atoms with Crippen molar-refractivity contribution in [2.45, 2.75) is 26.7 Å². The molecule has 1 aromatic heterocycles. The Balaban J connectivity index is 2.56. The van der Waals surface area contributed by atoms with Gasteiger partial charge in [-0.05, 0) is 19.4 Å². The molecule has 1 aromatic rings. The highest BCUT2D eigenvalue weighted by molar-refractivity contribution is 5.72. The number of carbonyl (C=O) groups is 1. The van der Waals surface area contributed by atoms with Crippen LogP contribution in [0.25, 0.3) is 0 Å². The lowest BCUT2D eigenvalue weighted by atomic mass is 10.4. The fourth-order valence-electron chi connectivity index (χ4n) is 1.15. The van der Waals surface area contributed by atoms with Crippen molar-refractivity contribution in [3.05, 3.63) is 18.3 Å². The molecule has 4 nitrogen and oxygen atoms in total. The van der Waals surface area contributed by atoms with Gasteiger partial charge in [0.25, 0.3) is 0 Å². The molecule has 0 unspecified atom stereocenters. The minimum Gasteiger partial charge on any atom is -0.478 e. The largest absolute Gasteiger partial charge is 0.478 e. The quantitative estimate of drug-likeness (QED) is 0.703. The molecule has 0 saturated heterocycles. The number of ether oxygens (including phenoxy) is 2. The number of rotatable bonds is 5. The second-order valence-corrected chi connectivity index (χ2v) is 3.12. The number of hydrogen-bond acceptors (Lipinski definition) is 3. The van der Waals surface area contributed by atoms with Crippen LogP contribution in [-0.4, -0.2) is 23.9 Å². The van der Waals surface area contributed by atoms with Crippen LogP contribution in [-0.2, 0) is 4.74 Å². The summed E-state index contributed by atoms with van der Waals surface area (Å²) in [7, 11) is 0. The number of nitrogens with zero attached hydrogens (tertiary/aromatic N) is 1. The molecule has 0 aliphatic carbocycles. The number of aromatic nitrogens is 1. The van der Waals surface area contributed by atoms with Gasteiger partial charge in [0.2, 0.25) is 5.88 Å². The van der Waals surface area contributed by atoms with Gasteiger partial charge in [-0.1, -0.05) is 13.3 Å². The second-order valence-electron chi connectivity index (χ2n) is 3.12. The summed E-state index contributed by atoms with van der Waals surface area (Å²) in [4.78, 5) is 11.4. The van der Waals surface area contributed by atoms with E-state index >= 15 is 0 Å². The van der Waals surface area contributed by atoms with Gasteiger partial charge in [0, 0.05) is 12.3 Å². The maximum atomic E-state index is 11.4. The van der Waals surface area contributed by atoms with E-state index < -0.39 is 6.09 Å². The first kappa shape index (κ1) is 11.6. The highest BCUT2D eigenvalue weighted by atomic mass is 16.6. The predicted molar refractivity (Wildman–Crippen MR) is 57.3 cm³/mol. The van der Waals surface area contributed by atoms with Crippen LogP contribution in [0.2, 0.25) is 0 Å². The lowest BCUT2D eigenvalue weighted by Crippen LogP contribution is -2.14. The lowest BCUT2D eigenvalue weighted by Gasteiger charge is -2.08. The SMILES string of the molecule is CCCCOc1cccn1C(=O)OCC. The first-order chi connectivity index (χ1) is 7.29. The minimum absolute atomic E-state index is 0.366. The highest BCUT2D eigenvalue weighted by Gasteiger charge is 2.10. The van der Waals surface area contributed by atoms with Crippen LogP contribution in [0, 0.1) is 0 Å². The smallest absolute Gasteiger partial charge is 0.420 e. The summed E-state index contributed by atoms with van der Waals surface area (Å²) in [6.45, 7) is 4.86. The molecule has 1 rings (SSSR count). The van der Waals surface area contributed by atoms with Crippen molar-refractivity contribution in [1.82, 2.24) is 4.57 Å². The fourth-order valence-corrected chi connectivity index (χ4v) is 1.15. The number of carbonyl (C=O) groups excluding carboxylic acids is 1. The second kappa shape index (κ2) is 6.11. The monoisotopic (exact) mass is 211 g/mol. The van der Waals surface area contributed by atoms with Gasteiger partial charge in [0.15, 0.2) is 0 Å². The summed E-state index contributed by atoms with van der Waals surface area (Å²) in [5, 5.41) is 0. The molecule has 0 aliphatic heterocycles. The third kappa shape index (κ3) is 3.31. The molecule has 0 atom stereocenters. The molecule has 0 aromatic carbocycles. The molecular formula is C11H17NO3. The van der Waals surface area contributed by atoms with E-state index in [4.69, 9.17) is 9.47 Å². The van der Waals surface area contributed by atoms with E-state index in [1.807, 2.05) is 0 Å². The van der Waals surface area contributed by atoms with Crippen molar-refractivity contribution in [3.8, 4) is 5.88 Å². The fraction of sp³-hybridized carbons (Fsp3) is 0.545. The summed E-state index contributed by atoms with van der Waals surface area (Å²) >= 11 is 0. The number of hydrogen-bond donors (Lipinski definition) is 0. The van der Waals surface area contributed by atoms with Gasteiger partial charge in [-0.15, -0.1) is 0 Å². The van der Waals surface area contributed by atoms with Gasteiger partial charge in [-0.25, -0.2) is 9.36 Å². The van der Waals surface area contributed by atoms with Crippen LogP contribution >= 0.6 is 0 Å². The van der Waals surface area contributed by atoms with Crippen molar-refractivity contribution in [1.29, 1.82) is 0 Å². The molecule has 1 heterocycles. The Labute approximate surface area is 89.8 Å². The molecule has 0 aliphatic rings. The predicted octanol–water partition coefficient (Wildman–Crippen LogP) is 2.67. The zero-order valence-corrected chi connectivity index (χ0v) is 9.23. The van der Waals surface area contributed by atoms with Crippen molar-refractivity contribution >= 4 is 6.09 Å². The van der Waals surface area contributed by atoms with E-state index in [-0.39, 0.29) is 0 Å². The van der Waals surface area contributed by atoms with Gasteiger partial charge >= 0.3 is 6.09 Å². The van der Waals surface area contributed by atoms with Gasteiger partial charge in [0.1, 0.15) is 0 Å². The highest BCUT2D eigenvalue weighted by Crippen LogP contribution is 2.13. The average Bonchev–Trinajstić information content (AvgIpc) is 2.67. The minimum atomic E-state index is -0.394.